The summed E-state index contributed by atoms with van der Waals surface area (Å²) in [4.78, 5) is 20.8. The number of tetrazole rings is 1. The molecular weight excluding hydrogens is 525 g/mol. The van der Waals surface area contributed by atoms with Crippen molar-refractivity contribution >= 4 is 28.4 Å². The lowest BCUT2D eigenvalue weighted by Gasteiger charge is -2.18. The number of imidazole rings is 1. The van der Waals surface area contributed by atoms with Gasteiger partial charge in [-0.05, 0) is 64.7 Å². The van der Waals surface area contributed by atoms with Crippen LogP contribution in [0.4, 0.5) is 10.2 Å². The lowest BCUT2D eigenvalue weighted by molar-refractivity contribution is 0.460. The molecule has 8 rings (SSSR count). The zero-order valence-electron chi connectivity index (χ0n) is 19.9. The Bertz CT molecular complexity index is 1990. The largest absolute Gasteiger partial charge is 0.380 e. The Kier molecular flexibility index (Phi) is 4.45. The fraction of sp³-hybridized carbons (Fsp3) is 0.154. The van der Waals surface area contributed by atoms with Crippen LogP contribution in [0.15, 0.2) is 64.2 Å². The van der Waals surface area contributed by atoms with Gasteiger partial charge in [0.1, 0.15) is 12.2 Å². The second-order valence-corrected chi connectivity index (χ2v) is 10.2. The van der Waals surface area contributed by atoms with Gasteiger partial charge < -0.3 is 19.8 Å². The van der Waals surface area contributed by atoms with E-state index in [0.29, 0.717) is 38.6 Å². The van der Waals surface area contributed by atoms with Crippen LogP contribution in [0.1, 0.15) is 29.8 Å². The average Bonchev–Trinajstić information content (AvgIpc) is 3.29. The second-order valence-electron chi connectivity index (χ2n) is 9.81. The van der Waals surface area contributed by atoms with Crippen molar-refractivity contribution in [3.05, 3.63) is 87.6 Å². The van der Waals surface area contributed by atoms with Gasteiger partial charge in [-0.25, -0.2) is 4.98 Å². The Morgan fingerprint density at radius 2 is 2.03 bits per heavy atom. The smallest absolute Gasteiger partial charge is 0.251 e. The number of halogens is 2. The molecule has 192 valence electrons. The summed E-state index contributed by atoms with van der Waals surface area (Å²) in [6.07, 6.45) is 2.33. The molecule has 3 unspecified atom stereocenters. The first-order valence-corrected chi connectivity index (χ1v) is 12.5. The summed E-state index contributed by atoms with van der Waals surface area (Å²) >= 11 is 6.32. The van der Waals surface area contributed by atoms with Crippen molar-refractivity contribution in [2.24, 2.45) is 5.92 Å². The molecule has 0 bridgehead atoms. The number of rotatable bonds is 4. The van der Waals surface area contributed by atoms with E-state index in [1.807, 2.05) is 6.07 Å². The highest BCUT2D eigenvalue weighted by atomic mass is 35.5. The molecule has 39 heavy (non-hydrogen) atoms. The van der Waals surface area contributed by atoms with E-state index in [1.54, 1.807) is 41.0 Å². The van der Waals surface area contributed by atoms with Gasteiger partial charge in [-0.15, -0.1) is 5.10 Å². The summed E-state index contributed by atoms with van der Waals surface area (Å²) in [5, 5.41) is 16.4. The first-order chi connectivity index (χ1) is 19.0. The quantitative estimate of drug-likeness (QED) is 0.339. The molecule has 0 spiro atoms. The Hall–Kier alpha value is -4.84. The van der Waals surface area contributed by atoms with Gasteiger partial charge in [0.05, 0.1) is 22.8 Å². The minimum Gasteiger partial charge on any atom is -0.380 e. The molecule has 5 heterocycles. The Morgan fingerprint density at radius 3 is 2.87 bits per heavy atom. The number of nitrogens with zero attached hydrogens (tertiary/aromatic N) is 7. The van der Waals surface area contributed by atoms with Gasteiger partial charge >= 0.3 is 0 Å². The van der Waals surface area contributed by atoms with Crippen LogP contribution in [0.3, 0.4) is 0 Å². The van der Waals surface area contributed by atoms with E-state index in [0.717, 1.165) is 17.7 Å². The summed E-state index contributed by atoms with van der Waals surface area (Å²) in [6, 6.07) is 13.6. The number of benzene rings is 2. The highest BCUT2D eigenvalue weighted by Crippen LogP contribution is 2.61. The molecule has 0 amide bonds. The lowest BCUT2D eigenvalue weighted by Crippen LogP contribution is -2.26. The van der Waals surface area contributed by atoms with Crippen LogP contribution >= 0.6 is 11.6 Å². The molecule has 0 saturated heterocycles. The Morgan fingerprint density at radius 1 is 1.13 bits per heavy atom. The fourth-order valence-electron chi connectivity index (χ4n) is 5.79. The molecule has 11 nitrogen and oxygen atoms in total. The van der Waals surface area contributed by atoms with Crippen LogP contribution < -0.4 is 11.3 Å². The van der Waals surface area contributed by atoms with E-state index < -0.39 is 12.0 Å². The third-order valence-electron chi connectivity index (χ3n) is 7.62. The summed E-state index contributed by atoms with van der Waals surface area (Å²) in [7, 11) is 0. The number of pyridine rings is 1. The van der Waals surface area contributed by atoms with Gasteiger partial charge in [0.2, 0.25) is 5.95 Å². The van der Waals surface area contributed by atoms with E-state index >= 15 is 4.39 Å². The predicted molar refractivity (Wildman–Crippen MR) is 139 cm³/mol. The number of hydrogen-bond acceptors (Lipinski definition) is 8. The molecule has 3 atom stereocenters. The van der Waals surface area contributed by atoms with E-state index in [1.165, 1.54) is 17.1 Å². The SMILES string of the molecule is Nc1noc2cc(-c3nc(F)c(C4C5CC5c5cc(-c6cc(Cl)ccc6-n6cnnn6)cc(=O)n54)[nH]3)ccc12. The third-order valence-corrected chi connectivity index (χ3v) is 7.86. The van der Waals surface area contributed by atoms with Crippen molar-refractivity contribution in [2.45, 2.75) is 18.4 Å². The molecule has 0 radical (unpaired) electrons. The number of nitrogen functional groups attached to an aromatic ring is 1. The number of nitrogens with one attached hydrogen (secondary N) is 1. The van der Waals surface area contributed by atoms with Gasteiger partial charge in [0, 0.05) is 33.8 Å². The molecule has 2 aliphatic rings. The standard InChI is InChI=1S/C26H17ClFN9O2/c27-13-2-4-18(36-10-30-34-35-36)15(8-13)12-5-19-16-9-17(16)23(37(19)21(38)7-12)22-24(28)32-26(31-22)11-1-3-14-20(6-11)39-33-25(14)29/h1-8,10,16-17,23H,9H2,(H2,29,33)(H,31,32). The molecule has 6 aromatic rings. The van der Waals surface area contributed by atoms with Crippen LogP contribution in [0.2, 0.25) is 5.02 Å². The molecule has 1 aliphatic heterocycles. The van der Waals surface area contributed by atoms with Crippen LogP contribution in [-0.2, 0) is 0 Å². The second kappa shape index (κ2) is 7.84. The van der Waals surface area contributed by atoms with Crippen molar-refractivity contribution in [2.75, 3.05) is 5.73 Å². The number of anilines is 1. The predicted octanol–water partition coefficient (Wildman–Crippen LogP) is 4.10. The molecule has 2 aromatic carbocycles. The van der Waals surface area contributed by atoms with Gasteiger partial charge in [-0.2, -0.15) is 9.07 Å². The van der Waals surface area contributed by atoms with E-state index in [4.69, 9.17) is 21.9 Å². The number of aromatic amines is 1. The summed E-state index contributed by atoms with van der Waals surface area (Å²) in [5.41, 5.74) is 9.88. The van der Waals surface area contributed by atoms with E-state index in [9.17, 15) is 4.79 Å². The van der Waals surface area contributed by atoms with E-state index in [2.05, 4.69) is 30.7 Å². The topological polar surface area (TPSA) is 146 Å². The molecule has 4 aromatic heterocycles. The first-order valence-electron chi connectivity index (χ1n) is 12.2. The van der Waals surface area contributed by atoms with Crippen LogP contribution in [-0.4, -0.2) is 39.9 Å². The van der Waals surface area contributed by atoms with Gasteiger partial charge in [-0.3, -0.25) is 4.79 Å². The molecular formula is C26H17ClFN9O2. The summed E-state index contributed by atoms with van der Waals surface area (Å²) in [5.74, 6) is 0.201. The number of H-pyrrole nitrogens is 1. The lowest BCUT2D eigenvalue weighted by atomic mass is 10.0. The minimum atomic E-state index is -0.641. The Balaban J connectivity index is 1.22. The van der Waals surface area contributed by atoms with Crippen LogP contribution in [0.25, 0.3) is 39.2 Å². The fourth-order valence-corrected chi connectivity index (χ4v) is 5.96. The van der Waals surface area contributed by atoms with Crippen molar-refractivity contribution in [3.63, 3.8) is 0 Å². The van der Waals surface area contributed by atoms with Gasteiger partial charge in [0.25, 0.3) is 5.56 Å². The zero-order valence-corrected chi connectivity index (χ0v) is 20.7. The Labute approximate surface area is 223 Å². The van der Waals surface area contributed by atoms with Crippen molar-refractivity contribution in [1.29, 1.82) is 0 Å². The maximum absolute atomic E-state index is 15.3. The highest BCUT2D eigenvalue weighted by Gasteiger charge is 2.54. The normalized spacial score (nSPS) is 19.4. The highest BCUT2D eigenvalue weighted by molar-refractivity contribution is 6.31. The molecule has 13 heteroatoms. The third kappa shape index (κ3) is 3.27. The van der Waals surface area contributed by atoms with Crippen LogP contribution in [0, 0.1) is 11.9 Å². The monoisotopic (exact) mass is 541 g/mol. The van der Waals surface area contributed by atoms with E-state index in [-0.39, 0.29) is 28.9 Å². The molecule has 1 saturated carbocycles. The molecule has 1 aliphatic carbocycles. The number of fused-ring (bicyclic) bond motifs is 4. The minimum absolute atomic E-state index is 0.0886. The maximum atomic E-state index is 15.3. The maximum Gasteiger partial charge on any atom is 0.251 e. The van der Waals surface area contributed by atoms with Gasteiger partial charge in [-0.1, -0.05) is 22.8 Å². The average molecular weight is 542 g/mol. The first kappa shape index (κ1) is 22.2. The van der Waals surface area contributed by atoms with Crippen molar-refractivity contribution in [1.82, 2.24) is 39.9 Å². The van der Waals surface area contributed by atoms with Crippen LogP contribution in [0.5, 0.6) is 0 Å². The van der Waals surface area contributed by atoms with Crippen molar-refractivity contribution < 1.29 is 8.91 Å². The zero-order chi connectivity index (χ0) is 26.4. The molecule has 3 N–H and O–H groups in total. The molecule has 1 fully saturated rings. The summed E-state index contributed by atoms with van der Waals surface area (Å²) < 4.78 is 23.8. The van der Waals surface area contributed by atoms with Crippen molar-refractivity contribution in [3.8, 4) is 28.2 Å². The number of nitrogens with two attached hydrogens (primary N) is 1. The van der Waals surface area contributed by atoms with Gasteiger partial charge in [0.15, 0.2) is 11.4 Å². The number of hydrogen-bond donors (Lipinski definition) is 2. The summed E-state index contributed by atoms with van der Waals surface area (Å²) in [6.45, 7) is 0. The number of aromatic nitrogens is 8.